The molecule has 7 heteroatoms. The number of likely N-dealkylation sites (tertiary alicyclic amines) is 1. The fraction of sp³-hybridized carbons (Fsp3) is 0.857. The second kappa shape index (κ2) is 5.61. The Balaban J connectivity index is 1.41. The molecule has 116 valence electrons. The maximum absolute atomic E-state index is 12.1. The summed E-state index contributed by atoms with van der Waals surface area (Å²) in [6, 6.07) is -0.527. The van der Waals surface area contributed by atoms with Gasteiger partial charge in [-0.25, -0.2) is 0 Å². The molecule has 21 heavy (non-hydrogen) atoms. The van der Waals surface area contributed by atoms with Crippen LogP contribution in [0.25, 0.3) is 0 Å². The van der Waals surface area contributed by atoms with Crippen LogP contribution in [0, 0.1) is 22.0 Å². The summed E-state index contributed by atoms with van der Waals surface area (Å²) in [6.07, 6.45) is 5.01. The monoisotopic (exact) mass is 295 g/mol. The van der Waals surface area contributed by atoms with Crippen molar-refractivity contribution in [2.24, 2.45) is 11.8 Å². The molecule has 3 aliphatic rings. The molecule has 1 aliphatic heterocycles. The highest BCUT2D eigenvalue weighted by molar-refractivity contribution is 5.82. The summed E-state index contributed by atoms with van der Waals surface area (Å²) in [5, 5.41) is 13.7. The van der Waals surface area contributed by atoms with Gasteiger partial charge in [-0.1, -0.05) is 6.42 Å². The zero-order valence-electron chi connectivity index (χ0n) is 12.0. The number of hydrogen-bond acceptors (Lipinski definition) is 4. The summed E-state index contributed by atoms with van der Waals surface area (Å²) >= 11 is 0. The van der Waals surface area contributed by atoms with Gasteiger partial charge in [-0.2, -0.15) is 0 Å². The molecule has 0 spiro atoms. The van der Waals surface area contributed by atoms with E-state index in [0.29, 0.717) is 19.5 Å². The van der Waals surface area contributed by atoms with Crippen molar-refractivity contribution in [1.29, 1.82) is 0 Å². The van der Waals surface area contributed by atoms with Gasteiger partial charge in [-0.15, -0.1) is 0 Å². The van der Waals surface area contributed by atoms with Crippen molar-refractivity contribution in [3.63, 3.8) is 0 Å². The highest BCUT2D eigenvalue weighted by atomic mass is 16.6. The molecule has 3 fully saturated rings. The summed E-state index contributed by atoms with van der Waals surface area (Å²) < 4.78 is 0. The van der Waals surface area contributed by atoms with E-state index in [9.17, 15) is 19.7 Å². The average Bonchev–Trinajstić information content (AvgIpc) is 3.17. The van der Waals surface area contributed by atoms with Crippen LogP contribution in [0.2, 0.25) is 0 Å². The van der Waals surface area contributed by atoms with E-state index in [-0.39, 0.29) is 28.7 Å². The lowest BCUT2D eigenvalue weighted by molar-refractivity contribution is -0.497. The van der Waals surface area contributed by atoms with Crippen LogP contribution in [0.1, 0.15) is 38.5 Å². The smallest absolute Gasteiger partial charge is 0.232 e. The topological polar surface area (TPSA) is 92.6 Å². The Morgan fingerprint density at radius 1 is 1.14 bits per heavy atom. The predicted molar refractivity (Wildman–Crippen MR) is 74.0 cm³/mol. The van der Waals surface area contributed by atoms with Gasteiger partial charge >= 0.3 is 0 Å². The van der Waals surface area contributed by atoms with E-state index < -0.39 is 12.0 Å². The average molecular weight is 295 g/mol. The molecule has 0 aromatic heterocycles. The Morgan fingerprint density at radius 2 is 1.81 bits per heavy atom. The van der Waals surface area contributed by atoms with Crippen molar-refractivity contribution in [3.05, 3.63) is 10.1 Å². The van der Waals surface area contributed by atoms with E-state index in [1.54, 1.807) is 4.90 Å². The number of nitrogens with zero attached hydrogens (tertiary/aromatic N) is 2. The van der Waals surface area contributed by atoms with Gasteiger partial charge in [-0.05, 0) is 25.7 Å². The molecule has 2 aliphatic carbocycles. The molecule has 1 heterocycles. The van der Waals surface area contributed by atoms with Gasteiger partial charge in [0.1, 0.15) is 5.92 Å². The van der Waals surface area contributed by atoms with Gasteiger partial charge in [-0.3, -0.25) is 19.7 Å². The maximum Gasteiger partial charge on any atom is 0.232 e. The Bertz CT molecular complexity index is 455. The molecule has 1 N–H and O–H groups in total. The number of nitro groups is 1. The van der Waals surface area contributed by atoms with Crippen LogP contribution in [0.5, 0.6) is 0 Å². The minimum atomic E-state index is -0.673. The molecule has 2 unspecified atom stereocenters. The molecule has 2 amide bonds. The van der Waals surface area contributed by atoms with Gasteiger partial charge in [0.2, 0.25) is 17.9 Å². The molecular weight excluding hydrogens is 274 g/mol. The highest BCUT2D eigenvalue weighted by Crippen LogP contribution is 2.35. The Kier molecular flexibility index (Phi) is 3.82. The number of amides is 2. The van der Waals surface area contributed by atoms with Crippen LogP contribution in [0.15, 0.2) is 0 Å². The number of hydrogen-bond donors (Lipinski definition) is 1. The van der Waals surface area contributed by atoms with Gasteiger partial charge in [0, 0.05) is 36.4 Å². The Morgan fingerprint density at radius 3 is 2.29 bits per heavy atom. The van der Waals surface area contributed by atoms with Crippen LogP contribution in [-0.2, 0) is 9.59 Å². The normalized spacial score (nSPS) is 29.6. The summed E-state index contributed by atoms with van der Waals surface area (Å²) in [4.78, 5) is 36.0. The van der Waals surface area contributed by atoms with Crippen molar-refractivity contribution in [2.45, 2.75) is 50.6 Å². The standard InChI is InChI=1S/C14H21N3O4/c18-13(9-2-1-3-9)15-10-4-6-16(7-5-10)14(19)11-8-12(11)17(20)21/h9-12H,1-8H2,(H,15,18). The molecule has 0 aromatic carbocycles. The third-order valence-corrected chi connectivity index (χ3v) is 4.97. The largest absolute Gasteiger partial charge is 0.353 e. The number of rotatable bonds is 4. The minimum Gasteiger partial charge on any atom is -0.353 e. The Labute approximate surface area is 123 Å². The second-order valence-corrected chi connectivity index (χ2v) is 6.43. The second-order valence-electron chi connectivity index (χ2n) is 6.43. The van der Waals surface area contributed by atoms with E-state index in [4.69, 9.17) is 0 Å². The predicted octanol–water partition coefficient (Wildman–Crippen LogP) is 0.559. The van der Waals surface area contributed by atoms with Crippen molar-refractivity contribution < 1.29 is 14.5 Å². The van der Waals surface area contributed by atoms with Gasteiger partial charge in [0.25, 0.3) is 0 Å². The SMILES string of the molecule is O=C(NC1CCN(C(=O)C2CC2[N+](=O)[O-])CC1)C1CCC1. The summed E-state index contributed by atoms with van der Waals surface area (Å²) in [5.74, 6) is -0.153. The first-order chi connectivity index (χ1) is 10.1. The van der Waals surface area contributed by atoms with Gasteiger partial charge in [0.05, 0.1) is 0 Å². The molecule has 0 radical (unpaired) electrons. The Hall–Kier alpha value is -1.66. The van der Waals surface area contributed by atoms with Crippen molar-refractivity contribution in [1.82, 2.24) is 10.2 Å². The first-order valence-corrected chi connectivity index (χ1v) is 7.79. The van der Waals surface area contributed by atoms with E-state index in [1.807, 2.05) is 0 Å². The number of piperidine rings is 1. The van der Waals surface area contributed by atoms with E-state index >= 15 is 0 Å². The van der Waals surface area contributed by atoms with E-state index in [0.717, 1.165) is 32.1 Å². The summed E-state index contributed by atoms with van der Waals surface area (Å²) in [6.45, 7) is 1.19. The van der Waals surface area contributed by atoms with E-state index in [1.165, 1.54) is 0 Å². The van der Waals surface area contributed by atoms with Gasteiger partial charge < -0.3 is 10.2 Å². The van der Waals surface area contributed by atoms with Crippen molar-refractivity contribution in [3.8, 4) is 0 Å². The molecule has 0 bridgehead atoms. The lowest BCUT2D eigenvalue weighted by Crippen LogP contribution is -2.49. The van der Waals surface area contributed by atoms with Crippen molar-refractivity contribution >= 4 is 11.8 Å². The van der Waals surface area contributed by atoms with E-state index in [2.05, 4.69) is 5.32 Å². The molecule has 7 nitrogen and oxygen atoms in total. The molecule has 3 rings (SSSR count). The zero-order chi connectivity index (χ0) is 15.0. The highest BCUT2D eigenvalue weighted by Gasteiger charge is 2.54. The van der Waals surface area contributed by atoms with Gasteiger partial charge in [0.15, 0.2) is 0 Å². The lowest BCUT2D eigenvalue weighted by atomic mass is 9.84. The number of nitrogens with one attached hydrogen (secondary N) is 1. The molecular formula is C14H21N3O4. The molecule has 1 saturated heterocycles. The van der Waals surface area contributed by atoms with Crippen LogP contribution in [-0.4, -0.2) is 46.8 Å². The molecule has 2 saturated carbocycles. The summed E-state index contributed by atoms with van der Waals surface area (Å²) in [7, 11) is 0. The quantitative estimate of drug-likeness (QED) is 0.606. The fourth-order valence-electron chi connectivity index (χ4n) is 3.15. The zero-order valence-corrected chi connectivity index (χ0v) is 12.0. The molecule has 0 aromatic rings. The van der Waals surface area contributed by atoms with Crippen LogP contribution in [0.3, 0.4) is 0 Å². The summed E-state index contributed by atoms with van der Waals surface area (Å²) in [5.41, 5.74) is 0. The third-order valence-electron chi connectivity index (χ3n) is 4.97. The lowest BCUT2D eigenvalue weighted by Gasteiger charge is -2.34. The number of carbonyl (C=O) groups excluding carboxylic acids is 2. The minimum absolute atomic E-state index is 0.0829. The molecule has 2 atom stereocenters. The fourth-order valence-corrected chi connectivity index (χ4v) is 3.15. The first-order valence-electron chi connectivity index (χ1n) is 7.79. The third kappa shape index (κ3) is 3.01. The van der Waals surface area contributed by atoms with Crippen LogP contribution in [0.4, 0.5) is 0 Å². The first kappa shape index (κ1) is 14.3. The maximum atomic E-state index is 12.1. The van der Waals surface area contributed by atoms with Crippen molar-refractivity contribution in [2.75, 3.05) is 13.1 Å². The van der Waals surface area contributed by atoms with Crippen LogP contribution >= 0.6 is 0 Å². The van der Waals surface area contributed by atoms with Crippen LogP contribution < -0.4 is 5.32 Å². The number of carbonyl (C=O) groups is 2.